The van der Waals surface area contributed by atoms with Gasteiger partial charge in [0.1, 0.15) is 5.82 Å². The first kappa shape index (κ1) is 14.2. The topological polar surface area (TPSA) is 64.1 Å². The number of nitrogens with two attached hydrogens (primary N) is 2. The molecule has 2 rings (SSSR count). The van der Waals surface area contributed by atoms with Gasteiger partial charge in [0.25, 0.3) is 0 Å². The lowest BCUT2D eigenvalue weighted by Crippen LogP contribution is -2.30. The van der Waals surface area contributed by atoms with E-state index in [1.165, 1.54) is 15.7 Å². The van der Waals surface area contributed by atoms with E-state index in [1.54, 1.807) is 6.07 Å². The molecule has 100 valence electrons. The minimum atomic E-state index is -0.313. The largest absolute Gasteiger partial charge is 0.398 e. The van der Waals surface area contributed by atoms with Crippen LogP contribution in [0.3, 0.4) is 0 Å². The first-order chi connectivity index (χ1) is 9.10. The Morgan fingerprint density at radius 1 is 1.16 bits per heavy atom. The predicted molar refractivity (Wildman–Crippen MR) is 83.7 cm³/mol. The van der Waals surface area contributed by atoms with E-state index < -0.39 is 0 Å². The third kappa shape index (κ3) is 3.65. The van der Waals surface area contributed by atoms with Gasteiger partial charge < -0.3 is 5.73 Å². The highest BCUT2D eigenvalue weighted by Crippen LogP contribution is 2.24. The van der Waals surface area contributed by atoms with Crippen LogP contribution in [0.1, 0.15) is 17.2 Å². The molecule has 0 aromatic heterocycles. The Hall–Kier alpha value is -1.18. The average molecular weight is 371 g/mol. The van der Waals surface area contributed by atoms with Crippen LogP contribution in [0.4, 0.5) is 10.1 Å². The molecule has 0 radical (unpaired) electrons. The van der Waals surface area contributed by atoms with E-state index in [9.17, 15) is 4.39 Å². The van der Waals surface area contributed by atoms with Crippen LogP contribution in [-0.4, -0.2) is 0 Å². The average Bonchev–Trinajstić information content (AvgIpc) is 2.41. The second-order valence-electron chi connectivity index (χ2n) is 4.32. The van der Waals surface area contributed by atoms with Gasteiger partial charge in [-0.2, -0.15) is 0 Å². The molecule has 5 heteroatoms. The molecule has 5 N–H and O–H groups in total. The van der Waals surface area contributed by atoms with Crippen LogP contribution in [0.5, 0.6) is 0 Å². The van der Waals surface area contributed by atoms with Crippen LogP contribution in [0.15, 0.2) is 42.5 Å². The number of anilines is 1. The van der Waals surface area contributed by atoms with E-state index in [2.05, 4.69) is 28.0 Å². The first-order valence-corrected chi connectivity index (χ1v) is 6.93. The lowest BCUT2D eigenvalue weighted by molar-refractivity contribution is 0.546. The number of nitrogen functional groups attached to an aromatic ring is 1. The summed E-state index contributed by atoms with van der Waals surface area (Å²) in [5.74, 6) is 5.26. The van der Waals surface area contributed by atoms with E-state index in [1.807, 2.05) is 24.3 Å². The van der Waals surface area contributed by atoms with Crippen molar-refractivity contribution in [3.8, 4) is 0 Å². The summed E-state index contributed by atoms with van der Waals surface area (Å²) in [5.41, 5.74) is 10.9. The van der Waals surface area contributed by atoms with E-state index in [0.29, 0.717) is 17.7 Å². The van der Waals surface area contributed by atoms with Gasteiger partial charge in [-0.15, -0.1) is 0 Å². The SMILES string of the molecule is NNC(Cc1ccc(I)cc1)c1cc(F)ccc1N. The van der Waals surface area contributed by atoms with Crippen molar-refractivity contribution in [1.29, 1.82) is 0 Å². The van der Waals surface area contributed by atoms with Gasteiger partial charge in [0.15, 0.2) is 0 Å². The Balaban J connectivity index is 2.24. The number of benzene rings is 2. The molecule has 0 amide bonds. The highest BCUT2D eigenvalue weighted by atomic mass is 127. The molecule has 0 aliphatic heterocycles. The molecule has 1 atom stereocenters. The molecule has 0 heterocycles. The van der Waals surface area contributed by atoms with Crippen LogP contribution >= 0.6 is 22.6 Å². The first-order valence-electron chi connectivity index (χ1n) is 5.85. The zero-order valence-electron chi connectivity index (χ0n) is 10.2. The van der Waals surface area contributed by atoms with Crippen molar-refractivity contribution in [1.82, 2.24) is 5.43 Å². The fourth-order valence-corrected chi connectivity index (χ4v) is 2.32. The summed E-state index contributed by atoms with van der Waals surface area (Å²) in [6.45, 7) is 0. The summed E-state index contributed by atoms with van der Waals surface area (Å²) in [4.78, 5) is 0. The summed E-state index contributed by atoms with van der Waals surface area (Å²) >= 11 is 2.25. The molecule has 1 unspecified atom stereocenters. The number of hydrogen-bond donors (Lipinski definition) is 3. The Kier molecular flexibility index (Phi) is 4.73. The fourth-order valence-electron chi connectivity index (χ4n) is 1.96. The maximum absolute atomic E-state index is 13.3. The predicted octanol–water partition coefficient (Wildman–Crippen LogP) is 2.76. The summed E-state index contributed by atoms with van der Waals surface area (Å²) in [7, 11) is 0. The van der Waals surface area contributed by atoms with Crippen molar-refractivity contribution in [2.24, 2.45) is 5.84 Å². The Morgan fingerprint density at radius 2 is 1.84 bits per heavy atom. The minimum Gasteiger partial charge on any atom is -0.398 e. The third-order valence-electron chi connectivity index (χ3n) is 2.98. The van der Waals surface area contributed by atoms with E-state index in [-0.39, 0.29) is 11.9 Å². The van der Waals surface area contributed by atoms with Crippen molar-refractivity contribution in [3.05, 3.63) is 63.0 Å². The maximum atomic E-state index is 13.3. The second-order valence-corrected chi connectivity index (χ2v) is 5.57. The van der Waals surface area contributed by atoms with Gasteiger partial charge in [-0.05, 0) is 70.5 Å². The molecular formula is C14H15FIN3. The number of rotatable bonds is 4. The molecular weight excluding hydrogens is 356 g/mol. The Labute approximate surface area is 125 Å². The summed E-state index contributed by atoms with van der Waals surface area (Å²) in [5, 5.41) is 0. The van der Waals surface area contributed by atoms with Gasteiger partial charge in [-0.25, -0.2) is 4.39 Å². The number of hydrazine groups is 1. The van der Waals surface area contributed by atoms with E-state index in [4.69, 9.17) is 11.6 Å². The molecule has 0 aliphatic rings. The summed E-state index contributed by atoms with van der Waals surface area (Å²) in [6, 6.07) is 12.2. The highest BCUT2D eigenvalue weighted by molar-refractivity contribution is 14.1. The third-order valence-corrected chi connectivity index (χ3v) is 3.70. The van der Waals surface area contributed by atoms with Gasteiger partial charge in [0.05, 0.1) is 6.04 Å². The molecule has 0 fully saturated rings. The van der Waals surface area contributed by atoms with Crippen molar-refractivity contribution < 1.29 is 4.39 Å². The molecule has 3 nitrogen and oxygen atoms in total. The monoisotopic (exact) mass is 371 g/mol. The standard InChI is InChI=1S/C14H15FIN3/c15-10-3-6-13(17)12(8-10)14(19-18)7-9-1-4-11(16)5-2-9/h1-6,8,14,19H,7,17-18H2. The molecule has 0 saturated heterocycles. The Bertz CT molecular complexity index is 557. The molecule has 0 bridgehead atoms. The maximum Gasteiger partial charge on any atom is 0.123 e. The van der Waals surface area contributed by atoms with Crippen LogP contribution in [0.25, 0.3) is 0 Å². The quantitative estimate of drug-likeness (QED) is 0.335. The molecule has 0 saturated carbocycles. The molecule has 2 aromatic carbocycles. The van der Waals surface area contributed by atoms with Gasteiger partial charge in [0.2, 0.25) is 0 Å². The lowest BCUT2D eigenvalue weighted by atomic mass is 9.98. The molecule has 19 heavy (non-hydrogen) atoms. The van der Waals surface area contributed by atoms with Crippen LogP contribution in [0, 0.1) is 9.39 Å². The molecule has 0 spiro atoms. The summed E-state index contributed by atoms with van der Waals surface area (Å²) < 4.78 is 14.5. The molecule has 0 aliphatic carbocycles. The van der Waals surface area contributed by atoms with E-state index >= 15 is 0 Å². The number of hydrogen-bond acceptors (Lipinski definition) is 3. The van der Waals surface area contributed by atoms with Gasteiger partial charge in [-0.3, -0.25) is 11.3 Å². The van der Waals surface area contributed by atoms with Crippen molar-refractivity contribution in [3.63, 3.8) is 0 Å². The Morgan fingerprint density at radius 3 is 2.47 bits per heavy atom. The van der Waals surface area contributed by atoms with Gasteiger partial charge >= 0.3 is 0 Å². The summed E-state index contributed by atoms with van der Waals surface area (Å²) in [6.07, 6.45) is 0.654. The number of halogens is 2. The van der Waals surface area contributed by atoms with Gasteiger partial charge in [-0.1, -0.05) is 12.1 Å². The minimum absolute atomic E-state index is 0.212. The van der Waals surface area contributed by atoms with Crippen molar-refractivity contribution >= 4 is 28.3 Å². The normalized spacial score (nSPS) is 12.4. The van der Waals surface area contributed by atoms with Crippen LogP contribution in [-0.2, 0) is 6.42 Å². The van der Waals surface area contributed by atoms with Crippen molar-refractivity contribution in [2.75, 3.05) is 5.73 Å². The van der Waals surface area contributed by atoms with Crippen molar-refractivity contribution in [2.45, 2.75) is 12.5 Å². The second kappa shape index (κ2) is 6.31. The fraction of sp³-hybridized carbons (Fsp3) is 0.143. The van der Waals surface area contributed by atoms with E-state index in [0.717, 1.165) is 5.56 Å². The smallest absolute Gasteiger partial charge is 0.123 e. The van der Waals surface area contributed by atoms with Gasteiger partial charge in [0, 0.05) is 9.26 Å². The zero-order valence-corrected chi connectivity index (χ0v) is 12.4. The van der Waals surface area contributed by atoms with Crippen LogP contribution < -0.4 is 17.0 Å². The molecule has 2 aromatic rings. The van der Waals surface area contributed by atoms with Crippen LogP contribution in [0.2, 0.25) is 0 Å². The number of nitrogens with one attached hydrogen (secondary N) is 1. The lowest BCUT2D eigenvalue weighted by Gasteiger charge is -2.18. The highest BCUT2D eigenvalue weighted by Gasteiger charge is 2.14. The zero-order chi connectivity index (χ0) is 13.8.